The Morgan fingerprint density at radius 2 is 2.26 bits per heavy atom. The summed E-state index contributed by atoms with van der Waals surface area (Å²) in [5.41, 5.74) is 6.63. The zero-order chi connectivity index (χ0) is 14.1. The topological polar surface area (TPSA) is 67.6 Å². The average molecular weight is 265 g/mol. The van der Waals surface area contributed by atoms with E-state index in [0.717, 1.165) is 24.4 Å². The summed E-state index contributed by atoms with van der Waals surface area (Å²) < 4.78 is 5.67. The number of hydrogen-bond acceptors (Lipinski definition) is 4. The summed E-state index contributed by atoms with van der Waals surface area (Å²) in [6.45, 7) is 5.03. The predicted molar refractivity (Wildman–Crippen MR) is 76.0 cm³/mol. The Morgan fingerprint density at radius 3 is 2.89 bits per heavy atom. The number of nitrogens with one attached hydrogen (secondary N) is 1. The number of carbonyl (C=O) groups excluding carboxylic acids is 1. The van der Waals surface area contributed by atoms with Gasteiger partial charge in [-0.25, -0.2) is 0 Å². The van der Waals surface area contributed by atoms with Crippen LogP contribution in [0, 0.1) is 0 Å². The number of nitrogens with two attached hydrogens (primary N) is 1. The van der Waals surface area contributed by atoms with Crippen LogP contribution in [0.15, 0.2) is 24.3 Å². The molecule has 0 unspecified atom stereocenters. The Labute approximate surface area is 114 Å². The van der Waals surface area contributed by atoms with Crippen LogP contribution < -0.4 is 15.8 Å². The van der Waals surface area contributed by atoms with Crippen molar-refractivity contribution >= 4 is 5.91 Å². The van der Waals surface area contributed by atoms with Crippen LogP contribution in [0.25, 0.3) is 0 Å². The minimum Gasteiger partial charge on any atom is -0.492 e. The monoisotopic (exact) mass is 265 g/mol. The first-order valence-corrected chi connectivity index (χ1v) is 6.54. The van der Waals surface area contributed by atoms with Gasteiger partial charge in [-0.05, 0) is 24.2 Å². The molecule has 1 rings (SSSR count). The van der Waals surface area contributed by atoms with E-state index in [1.807, 2.05) is 36.1 Å². The van der Waals surface area contributed by atoms with Gasteiger partial charge in [0.05, 0.1) is 6.54 Å². The predicted octanol–water partition coefficient (Wildman–Crippen LogP) is 0.592. The fraction of sp³-hybridized carbons (Fsp3) is 0.500. The maximum absolute atomic E-state index is 11.3. The van der Waals surface area contributed by atoms with Gasteiger partial charge >= 0.3 is 0 Å². The van der Waals surface area contributed by atoms with E-state index in [-0.39, 0.29) is 5.91 Å². The number of amides is 1. The third kappa shape index (κ3) is 5.72. The maximum Gasteiger partial charge on any atom is 0.233 e. The smallest absolute Gasteiger partial charge is 0.233 e. The minimum absolute atomic E-state index is 0.0204. The van der Waals surface area contributed by atoms with Crippen molar-refractivity contribution < 1.29 is 9.53 Å². The molecule has 0 aliphatic rings. The molecule has 1 aromatic rings. The number of benzene rings is 1. The molecule has 0 aromatic heterocycles. The Bertz CT molecular complexity index is 396. The Balaban J connectivity index is 2.37. The highest BCUT2D eigenvalue weighted by Crippen LogP contribution is 2.12. The summed E-state index contributed by atoms with van der Waals surface area (Å²) in [7, 11) is 1.64. The summed E-state index contributed by atoms with van der Waals surface area (Å²) in [4.78, 5) is 13.3. The lowest BCUT2D eigenvalue weighted by Crippen LogP contribution is -2.37. The van der Waals surface area contributed by atoms with Gasteiger partial charge in [0.15, 0.2) is 0 Å². The molecule has 106 valence electrons. The molecule has 0 saturated carbocycles. The fourth-order valence-electron chi connectivity index (χ4n) is 1.69. The molecule has 0 fully saturated rings. The first-order valence-electron chi connectivity index (χ1n) is 6.54. The lowest BCUT2D eigenvalue weighted by molar-refractivity contribution is -0.121. The van der Waals surface area contributed by atoms with Crippen molar-refractivity contribution in [3.05, 3.63) is 29.8 Å². The van der Waals surface area contributed by atoms with Crippen molar-refractivity contribution in [2.45, 2.75) is 13.5 Å². The summed E-state index contributed by atoms with van der Waals surface area (Å²) in [5.74, 6) is 0.839. The van der Waals surface area contributed by atoms with Crippen LogP contribution in [0.5, 0.6) is 5.75 Å². The van der Waals surface area contributed by atoms with Gasteiger partial charge in [-0.3, -0.25) is 9.69 Å². The van der Waals surface area contributed by atoms with Crippen molar-refractivity contribution in [1.29, 1.82) is 0 Å². The van der Waals surface area contributed by atoms with Gasteiger partial charge in [0, 0.05) is 20.1 Å². The number of ether oxygens (including phenoxy) is 1. The molecule has 0 aliphatic heterocycles. The first-order chi connectivity index (χ1) is 9.19. The van der Waals surface area contributed by atoms with E-state index in [9.17, 15) is 4.79 Å². The number of nitrogens with zero attached hydrogens (tertiary/aromatic N) is 1. The van der Waals surface area contributed by atoms with Crippen LogP contribution in [-0.2, 0) is 11.3 Å². The minimum atomic E-state index is 0.0204. The van der Waals surface area contributed by atoms with E-state index in [1.165, 1.54) is 0 Å². The van der Waals surface area contributed by atoms with Gasteiger partial charge in [0.25, 0.3) is 0 Å². The molecule has 0 heterocycles. The molecule has 0 aliphatic carbocycles. The van der Waals surface area contributed by atoms with E-state index in [0.29, 0.717) is 19.7 Å². The normalized spacial score (nSPS) is 10.5. The Morgan fingerprint density at radius 1 is 1.47 bits per heavy atom. The van der Waals surface area contributed by atoms with Crippen LogP contribution in [0.1, 0.15) is 12.5 Å². The fourth-order valence-corrected chi connectivity index (χ4v) is 1.69. The highest BCUT2D eigenvalue weighted by molar-refractivity contribution is 5.77. The van der Waals surface area contributed by atoms with Gasteiger partial charge in [0.1, 0.15) is 12.4 Å². The molecule has 0 spiro atoms. The molecule has 0 bridgehead atoms. The van der Waals surface area contributed by atoms with Crippen LogP contribution in [-0.4, -0.2) is 44.1 Å². The van der Waals surface area contributed by atoms with Crippen LogP contribution in [0.2, 0.25) is 0 Å². The molecular weight excluding hydrogens is 242 g/mol. The number of rotatable bonds is 8. The van der Waals surface area contributed by atoms with E-state index < -0.39 is 0 Å². The van der Waals surface area contributed by atoms with Gasteiger partial charge in [-0.1, -0.05) is 19.1 Å². The van der Waals surface area contributed by atoms with Gasteiger partial charge < -0.3 is 15.8 Å². The quantitative estimate of drug-likeness (QED) is 0.722. The summed E-state index contributed by atoms with van der Waals surface area (Å²) in [5, 5.41) is 2.62. The summed E-state index contributed by atoms with van der Waals surface area (Å²) in [6, 6.07) is 7.75. The second kappa shape index (κ2) is 8.50. The molecule has 0 saturated heterocycles. The van der Waals surface area contributed by atoms with Gasteiger partial charge in [-0.15, -0.1) is 0 Å². The summed E-state index contributed by atoms with van der Waals surface area (Å²) >= 11 is 0. The summed E-state index contributed by atoms with van der Waals surface area (Å²) in [6.07, 6.45) is 0. The second-order valence-corrected chi connectivity index (χ2v) is 4.24. The van der Waals surface area contributed by atoms with Crippen LogP contribution in [0.3, 0.4) is 0 Å². The van der Waals surface area contributed by atoms with E-state index in [4.69, 9.17) is 10.5 Å². The Hall–Kier alpha value is -1.59. The standard InChI is InChI=1S/C14H23N3O2/c1-3-17(11-14(18)16-2)7-8-19-13-6-4-5-12(9-13)10-15/h4-6,9H,3,7-8,10-11,15H2,1-2H3,(H,16,18). The lowest BCUT2D eigenvalue weighted by Gasteiger charge is -2.19. The van der Waals surface area contributed by atoms with Crippen molar-refractivity contribution in [1.82, 2.24) is 10.2 Å². The number of carbonyl (C=O) groups is 1. The SMILES string of the molecule is CCN(CCOc1cccc(CN)c1)CC(=O)NC. The third-order valence-electron chi connectivity index (χ3n) is 2.90. The largest absolute Gasteiger partial charge is 0.492 e. The maximum atomic E-state index is 11.3. The van der Waals surface area contributed by atoms with Crippen molar-refractivity contribution in [3.63, 3.8) is 0 Å². The van der Waals surface area contributed by atoms with Crippen molar-refractivity contribution in [2.24, 2.45) is 5.73 Å². The molecular formula is C14H23N3O2. The first kappa shape index (κ1) is 15.5. The van der Waals surface area contributed by atoms with Crippen LogP contribution >= 0.6 is 0 Å². The second-order valence-electron chi connectivity index (χ2n) is 4.24. The van der Waals surface area contributed by atoms with Gasteiger partial charge in [-0.2, -0.15) is 0 Å². The van der Waals surface area contributed by atoms with E-state index >= 15 is 0 Å². The molecule has 1 amide bonds. The third-order valence-corrected chi connectivity index (χ3v) is 2.90. The molecule has 19 heavy (non-hydrogen) atoms. The van der Waals surface area contributed by atoms with Crippen molar-refractivity contribution in [3.8, 4) is 5.75 Å². The van der Waals surface area contributed by atoms with Gasteiger partial charge in [0.2, 0.25) is 5.91 Å². The number of likely N-dealkylation sites (N-methyl/N-ethyl adjacent to an activating group) is 2. The molecule has 0 radical (unpaired) electrons. The van der Waals surface area contributed by atoms with E-state index in [2.05, 4.69) is 5.32 Å². The Kier molecular flexibility index (Phi) is 6.92. The zero-order valence-electron chi connectivity index (χ0n) is 11.7. The highest BCUT2D eigenvalue weighted by atomic mass is 16.5. The molecule has 5 heteroatoms. The van der Waals surface area contributed by atoms with Crippen LogP contribution in [0.4, 0.5) is 0 Å². The zero-order valence-corrected chi connectivity index (χ0v) is 11.7. The highest BCUT2D eigenvalue weighted by Gasteiger charge is 2.07. The molecule has 1 aromatic carbocycles. The lowest BCUT2D eigenvalue weighted by atomic mass is 10.2. The van der Waals surface area contributed by atoms with E-state index in [1.54, 1.807) is 7.05 Å². The molecule has 3 N–H and O–H groups in total. The molecule has 5 nitrogen and oxygen atoms in total. The number of hydrogen-bond donors (Lipinski definition) is 2. The average Bonchev–Trinajstić information content (AvgIpc) is 2.46. The van der Waals surface area contributed by atoms with Crippen molar-refractivity contribution in [2.75, 3.05) is 33.3 Å². The molecule has 0 atom stereocenters.